The standard InChI is InChI=1S/C23H18ClFN8O/c1-2-19(31-12-17(11-28-31)15-7-9-26-10-8-15)20-5-3-16(13-33(20)34)22-21(32-14-27-29-30-32)6-4-18(24)23(22)25/h3-14,19H,2H2,1H3/t19-/m0/s1. The van der Waals surface area contributed by atoms with Gasteiger partial charge in [0.05, 0.1) is 28.0 Å². The Bertz CT molecular complexity index is 1440. The summed E-state index contributed by atoms with van der Waals surface area (Å²) in [5, 5.41) is 28.6. The van der Waals surface area contributed by atoms with Gasteiger partial charge in [-0.25, -0.2) is 4.39 Å². The molecule has 0 aliphatic rings. The van der Waals surface area contributed by atoms with Crippen LogP contribution in [0.3, 0.4) is 0 Å². The number of pyridine rings is 2. The monoisotopic (exact) mass is 476 g/mol. The molecule has 0 amide bonds. The van der Waals surface area contributed by atoms with Gasteiger partial charge in [-0.3, -0.25) is 9.67 Å². The summed E-state index contributed by atoms with van der Waals surface area (Å²) in [6.07, 6.45) is 10.4. The third kappa shape index (κ3) is 3.88. The second-order valence-corrected chi connectivity index (χ2v) is 7.95. The zero-order valence-electron chi connectivity index (χ0n) is 18.0. The lowest BCUT2D eigenvalue weighted by Crippen LogP contribution is -2.35. The van der Waals surface area contributed by atoms with Gasteiger partial charge in [0.15, 0.2) is 12.0 Å². The van der Waals surface area contributed by atoms with Crippen LogP contribution in [0.15, 0.2) is 73.7 Å². The first-order valence-corrected chi connectivity index (χ1v) is 10.8. The third-order valence-electron chi connectivity index (χ3n) is 5.56. The number of hydrogen-bond acceptors (Lipinski definition) is 6. The van der Waals surface area contributed by atoms with E-state index < -0.39 is 5.82 Å². The summed E-state index contributed by atoms with van der Waals surface area (Å²) in [5.41, 5.74) is 3.21. The lowest BCUT2D eigenvalue weighted by molar-refractivity contribution is -0.615. The number of tetrazole rings is 1. The Hall–Kier alpha value is -4.18. The van der Waals surface area contributed by atoms with E-state index in [0.717, 1.165) is 15.9 Å². The second-order valence-electron chi connectivity index (χ2n) is 7.55. The highest BCUT2D eigenvalue weighted by Gasteiger charge is 2.24. The van der Waals surface area contributed by atoms with Crippen LogP contribution in [0.4, 0.5) is 4.39 Å². The van der Waals surface area contributed by atoms with Crippen molar-refractivity contribution in [3.05, 3.63) is 95.5 Å². The van der Waals surface area contributed by atoms with Gasteiger partial charge in [0.1, 0.15) is 12.4 Å². The molecule has 0 radical (unpaired) electrons. The van der Waals surface area contributed by atoms with Gasteiger partial charge in [-0.05, 0) is 52.7 Å². The number of halogens is 2. The maximum atomic E-state index is 15.1. The Labute approximate surface area is 198 Å². The first-order chi connectivity index (χ1) is 16.6. The summed E-state index contributed by atoms with van der Waals surface area (Å²) < 4.78 is 18.9. The van der Waals surface area contributed by atoms with Gasteiger partial charge in [-0.2, -0.15) is 14.5 Å². The van der Waals surface area contributed by atoms with Crippen LogP contribution < -0.4 is 4.73 Å². The molecule has 9 nitrogen and oxygen atoms in total. The van der Waals surface area contributed by atoms with Crippen LogP contribution in [0.25, 0.3) is 27.9 Å². The lowest BCUT2D eigenvalue weighted by Gasteiger charge is -2.17. The molecule has 0 saturated carbocycles. The smallest absolute Gasteiger partial charge is 0.217 e. The Balaban J connectivity index is 1.54. The van der Waals surface area contributed by atoms with E-state index >= 15 is 4.39 Å². The van der Waals surface area contributed by atoms with Crippen molar-refractivity contribution in [3.8, 4) is 27.9 Å². The Morgan fingerprint density at radius 2 is 1.91 bits per heavy atom. The van der Waals surface area contributed by atoms with E-state index in [9.17, 15) is 5.21 Å². The van der Waals surface area contributed by atoms with Crippen molar-refractivity contribution in [1.29, 1.82) is 0 Å². The van der Waals surface area contributed by atoms with Gasteiger partial charge in [0, 0.05) is 30.2 Å². The molecular weight excluding hydrogens is 459 g/mol. The minimum atomic E-state index is -0.663. The summed E-state index contributed by atoms with van der Waals surface area (Å²) >= 11 is 6.04. The molecule has 0 bridgehead atoms. The van der Waals surface area contributed by atoms with Crippen molar-refractivity contribution in [2.45, 2.75) is 19.4 Å². The van der Waals surface area contributed by atoms with Crippen LogP contribution in [0, 0.1) is 11.0 Å². The molecular formula is C23H18ClFN8O. The van der Waals surface area contributed by atoms with Crippen molar-refractivity contribution >= 4 is 11.6 Å². The van der Waals surface area contributed by atoms with E-state index in [1.54, 1.807) is 41.5 Å². The fourth-order valence-electron chi connectivity index (χ4n) is 3.91. The first-order valence-electron chi connectivity index (χ1n) is 10.5. The minimum absolute atomic E-state index is 0.0695. The van der Waals surface area contributed by atoms with Gasteiger partial charge >= 0.3 is 0 Å². The number of aromatic nitrogens is 8. The van der Waals surface area contributed by atoms with Crippen LogP contribution in [-0.4, -0.2) is 35.0 Å². The largest absolute Gasteiger partial charge is 0.618 e. The van der Waals surface area contributed by atoms with Crippen molar-refractivity contribution in [2.24, 2.45) is 0 Å². The molecule has 1 atom stereocenters. The topological polar surface area (TPSA) is 101 Å². The quantitative estimate of drug-likeness (QED) is 0.271. The minimum Gasteiger partial charge on any atom is -0.618 e. The Morgan fingerprint density at radius 3 is 2.62 bits per heavy atom. The number of benzene rings is 1. The SMILES string of the molecule is CC[C@@H](c1ccc(-c2c(-n3cnnn3)ccc(Cl)c2F)c[n+]1[O-])n1cc(-c2ccncc2)cn1. The van der Waals surface area contributed by atoms with Crippen molar-refractivity contribution in [3.63, 3.8) is 0 Å². The molecule has 0 N–H and O–H groups in total. The summed E-state index contributed by atoms with van der Waals surface area (Å²) in [6, 6.07) is 9.85. The number of rotatable bonds is 6. The maximum Gasteiger partial charge on any atom is 0.217 e. The molecule has 4 heterocycles. The predicted molar refractivity (Wildman–Crippen MR) is 122 cm³/mol. The summed E-state index contributed by atoms with van der Waals surface area (Å²) in [6.45, 7) is 1.97. The van der Waals surface area contributed by atoms with Gasteiger partial charge in [-0.1, -0.05) is 18.5 Å². The fourth-order valence-corrected chi connectivity index (χ4v) is 4.07. The van der Waals surface area contributed by atoms with E-state index in [0.29, 0.717) is 23.4 Å². The van der Waals surface area contributed by atoms with Gasteiger partial charge < -0.3 is 5.21 Å². The molecule has 5 rings (SSSR count). The molecule has 0 aliphatic heterocycles. The van der Waals surface area contributed by atoms with E-state index in [2.05, 4.69) is 25.6 Å². The highest BCUT2D eigenvalue weighted by Crippen LogP contribution is 2.33. The predicted octanol–water partition coefficient (Wildman–Crippen LogP) is 4.01. The Morgan fingerprint density at radius 1 is 1.09 bits per heavy atom. The van der Waals surface area contributed by atoms with E-state index in [1.807, 2.05) is 25.3 Å². The van der Waals surface area contributed by atoms with E-state index in [1.165, 1.54) is 23.3 Å². The zero-order valence-corrected chi connectivity index (χ0v) is 18.7. The van der Waals surface area contributed by atoms with Crippen LogP contribution in [0.2, 0.25) is 5.02 Å². The van der Waals surface area contributed by atoms with Crippen molar-refractivity contribution < 1.29 is 9.12 Å². The lowest BCUT2D eigenvalue weighted by atomic mass is 10.0. The van der Waals surface area contributed by atoms with Gasteiger partial charge in [0.2, 0.25) is 5.69 Å². The van der Waals surface area contributed by atoms with Crippen molar-refractivity contribution in [2.75, 3.05) is 0 Å². The molecule has 0 fully saturated rings. The molecule has 0 saturated heterocycles. The van der Waals surface area contributed by atoms with E-state index in [4.69, 9.17) is 11.6 Å². The number of hydrogen-bond donors (Lipinski definition) is 0. The molecule has 0 unspecified atom stereocenters. The fraction of sp³-hybridized carbons (Fsp3) is 0.130. The molecule has 0 spiro atoms. The molecule has 11 heteroatoms. The highest BCUT2D eigenvalue weighted by molar-refractivity contribution is 6.31. The first kappa shape index (κ1) is 21.7. The molecule has 0 aliphatic carbocycles. The number of nitrogens with zero attached hydrogens (tertiary/aromatic N) is 8. The molecule has 1 aromatic carbocycles. The zero-order chi connectivity index (χ0) is 23.7. The van der Waals surface area contributed by atoms with E-state index in [-0.39, 0.29) is 16.6 Å². The molecule has 34 heavy (non-hydrogen) atoms. The average Bonchev–Trinajstić information content (AvgIpc) is 3.56. The summed E-state index contributed by atoms with van der Waals surface area (Å²) in [4.78, 5) is 4.04. The molecule has 5 aromatic rings. The van der Waals surface area contributed by atoms with Crippen LogP contribution in [-0.2, 0) is 0 Å². The molecule has 170 valence electrons. The normalized spacial score (nSPS) is 12.1. The average molecular weight is 477 g/mol. The van der Waals surface area contributed by atoms with Crippen LogP contribution in [0.5, 0.6) is 0 Å². The third-order valence-corrected chi connectivity index (χ3v) is 5.86. The highest BCUT2D eigenvalue weighted by atomic mass is 35.5. The van der Waals surface area contributed by atoms with Gasteiger partial charge in [-0.15, -0.1) is 5.10 Å². The van der Waals surface area contributed by atoms with Crippen LogP contribution >= 0.6 is 11.6 Å². The summed E-state index contributed by atoms with van der Waals surface area (Å²) in [7, 11) is 0. The molecule has 4 aromatic heterocycles. The summed E-state index contributed by atoms with van der Waals surface area (Å²) in [5.74, 6) is -0.663. The van der Waals surface area contributed by atoms with Gasteiger partial charge in [0.25, 0.3) is 0 Å². The second kappa shape index (κ2) is 8.99. The maximum absolute atomic E-state index is 15.1. The Kier molecular flexibility index (Phi) is 5.72. The van der Waals surface area contributed by atoms with Crippen LogP contribution in [0.1, 0.15) is 25.1 Å². The van der Waals surface area contributed by atoms with Crippen molar-refractivity contribution in [1.82, 2.24) is 35.0 Å².